The number of phosphoric ester groups is 1. The minimum absolute atomic E-state index is 0. The van der Waals surface area contributed by atoms with Gasteiger partial charge in [-0.25, -0.2) is 4.79 Å². The largest absolute Gasteiger partial charge is 2.00 e. The molecule has 0 aromatic rings. The molecule has 0 atom stereocenters. The van der Waals surface area contributed by atoms with E-state index in [1.54, 1.807) is 0 Å². The second-order valence-electron chi connectivity index (χ2n) is 1.38. The number of hydrogen-bond donors (Lipinski definition) is 0. The zero-order valence-corrected chi connectivity index (χ0v) is 10.9. The molecule has 0 amide bonds. The molecule has 0 fully saturated rings. The number of carbonyl (C=O) groups is 2. The molecular formula is C3H3BaO6P. The van der Waals surface area contributed by atoms with Gasteiger partial charge in [-0.05, 0) is 0 Å². The average Bonchev–Trinajstić information content (AvgIpc) is 1.60. The van der Waals surface area contributed by atoms with Crippen LogP contribution >= 0.6 is 7.82 Å². The second-order valence-corrected chi connectivity index (χ2v) is 2.46. The number of ketones is 1. The molecule has 0 aliphatic rings. The van der Waals surface area contributed by atoms with Gasteiger partial charge in [-0.1, -0.05) is 0 Å². The van der Waals surface area contributed by atoms with E-state index in [0.717, 1.165) is 6.92 Å². The first kappa shape index (κ1) is 14.4. The first-order chi connectivity index (χ1) is 4.33. The average molecular weight is 303 g/mol. The van der Waals surface area contributed by atoms with Gasteiger partial charge in [0.25, 0.3) is 0 Å². The van der Waals surface area contributed by atoms with Gasteiger partial charge in [0, 0.05) is 6.92 Å². The van der Waals surface area contributed by atoms with Crippen molar-refractivity contribution in [1.82, 2.24) is 0 Å². The van der Waals surface area contributed by atoms with E-state index in [1.165, 1.54) is 0 Å². The molecule has 0 aromatic heterocycles. The maximum absolute atomic E-state index is 10.0. The Balaban J connectivity index is 0. The minimum atomic E-state index is -5.35. The molecule has 0 aliphatic heterocycles. The van der Waals surface area contributed by atoms with Crippen LogP contribution in [0.25, 0.3) is 0 Å². The topological polar surface area (TPSA) is 107 Å². The zero-order chi connectivity index (χ0) is 8.36. The van der Waals surface area contributed by atoms with Crippen molar-refractivity contribution in [2.45, 2.75) is 6.92 Å². The van der Waals surface area contributed by atoms with E-state index in [0.29, 0.717) is 0 Å². The molecule has 0 heterocycles. The molecule has 11 heavy (non-hydrogen) atoms. The minimum Gasteiger partial charge on any atom is -0.780 e. The fourth-order valence-electron chi connectivity index (χ4n) is 0.166. The standard InChI is InChI=1S/C3H5O6P.Ba/c1-2(4)3(5)9-10(6,7)8;/h1H3,(H2,6,7,8);/q;+2/p-2. The molecule has 0 aromatic carbocycles. The summed E-state index contributed by atoms with van der Waals surface area (Å²) in [7, 11) is -5.35. The van der Waals surface area contributed by atoms with Crippen molar-refractivity contribution in [3.05, 3.63) is 0 Å². The molecular weight excluding hydrogens is 300 g/mol. The van der Waals surface area contributed by atoms with Gasteiger partial charge in [0.2, 0.25) is 5.78 Å². The maximum atomic E-state index is 10.0. The van der Waals surface area contributed by atoms with Crippen LogP contribution in [0.5, 0.6) is 0 Å². The Labute approximate surface area is 103 Å². The van der Waals surface area contributed by atoms with E-state index in [4.69, 9.17) is 0 Å². The van der Waals surface area contributed by atoms with Crippen molar-refractivity contribution in [3.8, 4) is 0 Å². The Morgan fingerprint density at radius 2 is 1.73 bits per heavy atom. The Kier molecular flexibility index (Phi) is 7.19. The normalized spacial score (nSPS) is 9.73. The van der Waals surface area contributed by atoms with Crippen LogP contribution < -0.4 is 9.79 Å². The summed E-state index contributed by atoms with van der Waals surface area (Å²) in [6.07, 6.45) is 0. The summed E-state index contributed by atoms with van der Waals surface area (Å²) in [6, 6.07) is 0. The van der Waals surface area contributed by atoms with Crippen molar-refractivity contribution in [2.75, 3.05) is 0 Å². The number of carbonyl (C=O) groups excluding carboxylic acids is 2. The van der Waals surface area contributed by atoms with E-state index < -0.39 is 19.6 Å². The molecule has 0 N–H and O–H groups in total. The van der Waals surface area contributed by atoms with Crippen molar-refractivity contribution in [3.63, 3.8) is 0 Å². The number of rotatable bonds is 2. The van der Waals surface area contributed by atoms with Crippen LogP contribution in [0.2, 0.25) is 0 Å². The van der Waals surface area contributed by atoms with Gasteiger partial charge in [0.05, 0.1) is 0 Å². The van der Waals surface area contributed by atoms with Gasteiger partial charge in [0.1, 0.15) is 7.82 Å². The molecule has 0 unspecified atom stereocenters. The monoisotopic (exact) mass is 304 g/mol. The van der Waals surface area contributed by atoms with Crippen LogP contribution in [0, 0.1) is 0 Å². The van der Waals surface area contributed by atoms with Crippen LogP contribution in [-0.2, 0) is 18.7 Å². The van der Waals surface area contributed by atoms with Gasteiger partial charge < -0.3 is 18.9 Å². The fourth-order valence-corrected chi connectivity index (χ4v) is 0.497. The smallest absolute Gasteiger partial charge is 0.780 e. The Morgan fingerprint density at radius 3 is 1.82 bits per heavy atom. The molecule has 0 saturated heterocycles. The summed E-state index contributed by atoms with van der Waals surface area (Å²) in [4.78, 5) is 39.2. The number of Topliss-reactive ketones (excluding diaryl/α,β-unsaturated/α-hetero) is 1. The van der Waals surface area contributed by atoms with Gasteiger partial charge in [0.15, 0.2) is 0 Å². The maximum Gasteiger partial charge on any atom is 2.00 e. The summed E-state index contributed by atoms with van der Waals surface area (Å²) >= 11 is 0. The summed E-state index contributed by atoms with van der Waals surface area (Å²) in [5, 5.41) is 0. The third-order valence-electron chi connectivity index (χ3n) is 0.482. The first-order valence-corrected chi connectivity index (χ1v) is 3.55. The molecule has 0 saturated carbocycles. The molecule has 0 bridgehead atoms. The predicted molar refractivity (Wildman–Crippen MR) is 30.1 cm³/mol. The van der Waals surface area contributed by atoms with Gasteiger partial charge >= 0.3 is 54.9 Å². The quantitative estimate of drug-likeness (QED) is 0.319. The first-order valence-electron chi connectivity index (χ1n) is 2.09. The number of phosphoric acid groups is 1. The van der Waals surface area contributed by atoms with Crippen LogP contribution in [0.15, 0.2) is 0 Å². The van der Waals surface area contributed by atoms with E-state index in [9.17, 15) is 23.9 Å². The zero-order valence-electron chi connectivity index (χ0n) is 5.60. The van der Waals surface area contributed by atoms with Crippen molar-refractivity contribution in [2.24, 2.45) is 0 Å². The SMILES string of the molecule is CC(=O)C(=O)OP(=O)([O-])[O-].[Ba+2]. The molecule has 0 radical (unpaired) electrons. The summed E-state index contributed by atoms with van der Waals surface area (Å²) in [5.74, 6) is -2.79. The molecule has 8 heteroatoms. The van der Waals surface area contributed by atoms with Gasteiger partial charge in [-0.3, -0.25) is 4.79 Å². The molecule has 0 aliphatic carbocycles. The van der Waals surface area contributed by atoms with Crippen LogP contribution in [-0.4, -0.2) is 60.6 Å². The summed E-state index contributed by atoms with van der Waals surface area (Å²) in [6.45, 7) is 0.790. The van der Waals surface area contributed by atoms with Crippen LogP contribution in [0.1, 0.15) is 6.92 Å². The van der Waals surface area contributed by atoms with Gasteiger partial charge in [-0.2, -0.15) is 0 Å². The van der Waals surface area contributed by atoms with Crippen molar-refractivity contribution < 1.29 is 28.5 Å². The third-order valence-corrected chi connectivity index (χ3v) is 0.872. The van der Waals surface area contributed by atoms with Crippen molar-refractivity contribution >= 4 is 68.5 Å². The molecule has 6 nitrogen and oxygen atoms in total. The van der Waals surface area contributed by atoms with Crippen LogP contribution in [0.3, 0.4) is 0 Å². The van der Waals surface area contributed by atoms with E-state index in [2.05, 4.69) is 4.52 Å². The van der Waals surface area contributed by atoms with Crippen LogP contribution in [0.4, 0.5) is 0 Å². The summed E-state index contributed by atoms with van der Waals surface area (Å²) < 4.78 is 12.8. The Bertz CT molecular complexity index is 206. The summed E-state index contributed by atoms with van der Waals surface area (Å²) in [5.41, 5.74) is 0. The predicted octanol–water partition coefficient (Wildman–Crippen LogP) is -2.43. The number of hydrogen-bond acceptors (Lipinski definition) is 6. The second kappa shape index (κ2) is 5.50. The van der Waals surface area contributed by atoms with E-state index in [1.807, 2.05) is 0 Å². The third kappa shape index (κ3) is 8.77. The van der Waals surface area contributed by atoms with Gasteiger partial charge in [-0.15, -0.1) is 0 Å². The van der Waals surface area contributed by atoms with E-state index >= 15 is 0 Å². The molecule has 0 rings (SSSR count). The Morgan fingerprint density at radius 1 is 1.36 bits per heavy atom. The molecule has 58 valence electrons. The molecule has 0 spiro atoms. The fraction of sp³-hybridized carbons (Fsp3) is 0.333. The Hall–Kier alpha value is 0.861. The van der Waals surface area contributed by atoms with E-state index in [-0.39, 0.29) is 48.9 Å². The van der Waals surface area contributed by atoms with Crippen molar-refractivity contribution in [1.29, 1.82) is 0 Å².